The van der Waals surface area contributed by atoms with Gasteiger partial charge in [0, 0.05) is 18.0 Å². The van der Waals surface area contributed by atoms with Crippen LogP contribution in [0.5, 0.6) is 0 Å². The van der Waals surface area contributed by atoms with Crippen molar-refractivity contribution < 1.29 is 9.53 Å². The molecule has 0 aliphatic rings. The summed E-state index contributed by atoms with van der Waals surface area (Å²) in [7, 11) is 0. The van der Waals surface area contributed by atoms with Gasteiger partial charge in [0.05, 0.1) is 17.5 Å². The molecular weight excluding hydrogens is 262 g/mol. The number of anilines is 2. The predicted molar refractivity (Wildman–Crippen MR) is 80.7 cm³/mol. The van der Waals surface area contributed by atoms with Gasteiger partial charge < -0.3 is 21.1 Å². The number of benzene rings is 1. The van der Waals surface area contributed by atoms with Crippen molar-refractivity contribution in [1.29, 1.82) is 0 Å². The molecule has 6 heteroatoms. The number of carbonyl (C=O) groups is 1. The summed E-state index contributed by atoms with van der Waals surface area (Å²) in [6, 6.07) is 5.84. The molecule has 0 unspecified atom stereocenters. The summed E-state index contributed by atoms with van der Waals surface area (Å²) in [6.45, 7) is 4.70. The maximum absolute atomic E-state index is 11.2. The van der Waals surface area contributed by atoms with Crippen LogP contribution in [0.15, 0.2) is 23.1 Å². The lowest BCUT2D eigenvalue weighted by molar-refractivity contribution is 0.116. The molecule has 0 bridgehead atoms. The minimum Gasteiger partial charge on any atom is -0.447 e. The molecule has 0 saturated heterocycles. The molecule has 0 aromatic heterocycles. The van der Waals surface area contributed by atoms with Gasteiger partial charge in [0.15, 0.2) is 0 Å². The highest BCUT2D eigenvalue weighted by Gasteiger charge is 2.04. The first-order valence-corrected chi connectivity index (χ1v) is 7.37. The number of hydrogen-bond donors (Lipinski definition) is 3. The van der Waals surface area contributed by atoms with Gasteiger partial charge in [0.2, 0.25) is 0 Å². The van der Waals surface area contributed by atoms with Crippen LogP contribution in [0.2, 0.25) is 0 Å². The third kappa shape index (κ3) is 5.74. The van der Waals surface area contributed by atoms with Crippen molar-refractivity contribution in [3.05, 3.63) is 18.2 Å². The van der Waals surface area contributed by atoms with Crippen LogP contribution in [0.3, 0.4) is 0 Å². The van der Waals surface area contributed by atoms with Gasteiger partial charge in [-0.15, -0.1) is 11.8 Å². The van der Waals surface area contributed by atoms with E-state index in [2.05, 4.69) is 10.6 Å². The topological polar surface area (TPSA) is 76.4 Å². The summed E-state index contributed by atoms with van der Waals surface area (Å²) in [4.78, 5) is 12.4. The molecule has 0 aliphatic carbocycles. The zero-order valence-corrected chi connectivity index (χ0v) is 12.3. The van der Waals surface area contributed by atoms with Crippen molar-refractivity contribution >= 4 is 29.2 Å². The highest BCUT2D eigenvalue weighted by molar-refractivity contribution is 7.98. The van der Waals surface area contributed by atoms with Crippen LogP contribution in [0.1, 0.15) is 13.8 Å². The zero-order valence-electron chi connectivity index (χ0n) is 11.5. The molecule has 0 saturated carbocycles. The average Bonchev–Trinajstić information content (AvgIpc) is 2.35. The minimum atomic E-state index is -0.400. The minimum absolute atomic E-state index is 0.109. The predicted octanol–water partition coefficient (Wildman–Crippen LogP) is 2.54. The van der Waals surface area contributed by atoms with Gasteiger partial charge >= 0.3 is 6.09 Å². The zero-order chi connectivity index (χ0) is 14.3. The lowest BCUT2D eigenvalue weighted by Crippen LogP contribution is -2.31. The standard InChI is InChI=1S/C13H21N3O2S/c1-9(2)18-13(17)16-7-6-15-12-8-10(19-3)4-5-11(12)14/h4-5,8-9,15H,6-7,14H2,1-3H3,(H,16,17). The fraction of sp³-hybridized carbons (Fsp3) is 0.462. The Morgan fingerprint density at radius 3 is 2.79 bits per heavy atom. The normalized spacial score (nSPS) is 10.3. The van der Waals surface area contributed by atoms with Crippen LogP contribution in [-0.4, -0.2) is 31.5 Å². The van der Waals surface area contributed by atoms with Gasteiger partial charge in [0.1, 0.15) is 0 Å². The molecular formula is C13H21N3O2S. The summed E-state index contributed by atoms with van der Waals surface area (Å²) >= 11 is 1.66. The number of carbonyl (C=O) groups excluding carboxylic acids is 1. The van der Waals surface area contributed by atoms with Gasteiger partial charge in [-0.3, -0.25) is 0 Å². The second-order valence-corrected chi connectivity index (χ2v) is 5.14. The highest BCUT2D eigenvalue weighted by Crippen LogP contribution is 2.24. The highest BCUT2D eigenvalue weighted by atomic mass is 32.2. The molecule has 1 aromatic rings. The van der Waals surface area contributed by atoms with E-state index < -0.39 is 6.09 Å². The summed E-state index contributed by atoms with van der Waals surface area (Å²) in [5.41, 5.74) is 7.45. The molecule has 19 heavy (non-hydrogen) atoms. The molecule has 5 nitrogen and oxygen atoms in total. The van der Waals surface area contributed by atoms with E-state index in [1.807, 2.05) is 38.3 Å². The Kier molecular flexibility index (Phi) is 6.35. The van der Waals surface area contributed by atoms with E-state index in [9.17, 15) is 4.79 Å². The number of rotatable bonds is 6. The van der Waals surface area contributed by atoms with E-state index >= 15 is 0 Å². The molecule has 0 spiro atoms. The monoisotopic (exact) mass is 283 g/mol. The van der Waals surface area contributed by atoms with E-state index in [-0.39, 0.29) is 6.10 Å². The van der Waals surface area contributed by atoms with Crippen molar-refractivity contribution in [2.45, 2.75) is 24.8 Å². The summed E-state index contributed by atoms with van der Waals surface area (Å²) in [5.74, 6) is 0. The number of alkyl carbamates (subject to hydrolysis) is 1. The third-order valence-corrected chi connectivity index (χ3v) is 3.04. The number of nitrogens with two attached hydrogens (primary N) is 1. The Hall–Kier alpha value is -1.56. The number of nitrogens with one attached hydrogen (secondary N) is 2. The summed E-state index contributed by atoms with van der Waals surface area (Å²) < 4.78 is 4.96. The fourth-order valence-electron chi connectivity index (χ4n) is 1.43. The van der Waals surface area contributed by atoms with E-state index in [0.717, 1.165) is 10.6 Å². The van der Waals surface area contributed by atoms with Crippen LogP contribution in [0.4, 0.5) is 16.2 Å². The van der Waals surface area contributed by atoms with Crippen molar-refractivity contribution in [1.82, 2.24) is 5.32 Å². The van der Waals surface area contributed by atoms with Crippen LogP contribution >= 0.6 is 11.8 Å². The van der Waals surface area contributed by atoms with Crippen molar-refractivity contribution in [3.63, 3.8) is 0 Å². The van der Waals surface area contributed by atoms with Crippen LogP contribution in [0, 0.1) is 0 Å². The molecule has 0 atom stereocenters. The Morgan fingerprint density at radius 1 is 1.42 bits per heavy atom. The molecule has 1 aromatic carbocycles. The first kappa shape index (κ1) is 15.5. The smallest absolute Gasteiger partial charge is 0.407 e. The van der Waals surface area contributed by atoms with Gasteiger partial charge in [-0.1, -0.05) is 0 Å². The fourth-order valence-corrected chi connectivity index (χ4v) is 1.87. The quantitative estimate of drug-likeness (QED) is 0.425. The van der Waals surface area contributed by atoms with Crippen molar-refractivity contribution in [2.75, 3.05) is 30.4 Å². The molecule has 106 valence electrons. The second kappa shape index (κ2) is 7.78. The average molecular weight is 283 g/mol. The molecule has 4 N–H and O–H groups in total. The van der Waals surface area contributed by atoms with E-state index in [0.29, 0.717) is 18.8 Å². The summed E-state index contributed by atoms with van der Waals surface area (Å²) in [5, 5.41) is 5.85. The lowest BCUT2D eigenvalue weighted by atomic mass is 10.2. The second-order valence-electron chi connectivity index (χ2n) is 4.26. The molecule has 0 radical (unpaired) electrons. The Bertz CT molecular complexity index is 424. The van der Waals surface area contributed by atoms with Crippen molar-refractivity contribution in [2.24, 2.45) is 0 Å². The number of nitrogen functional groups attached to an aromatic ring is 1. The van der Waals surface area contributed by atoms with Crippen molar-refractivity contribution in [3.8, 4) is 0 Å². The molecule has 0 fully saturated rings. The first-order chi connectivity index (χ1) is 9.02. The van der Waals surface area contributed by atoms with Gasteiger partial charge in [0.25, 0.3) is 0 Å². The van der Waals surface area contributed by atoms with Gasteiger partial charge in [-0.05, 0) is 38.3 Å². The maximum Gasteiger partial charge on any atom is 0.407 e. The SMILES string of the molecule is CSc1ccc(N)c(NCCNC(=O)OC(C)C)c1. The van der Waals surface area contributed by atoms with Crippen LogP contribution in [-0.2, 0) is 4.74 Å². The largest absolute Gasteiger partial charge is 0.447 e. The van der Waals surface area contributed by atoms with E-state index in [1.54, 1.807) is 11.8 Å². The van der Waals surface area contributed by atoms with Crippen LogP contribution < -0.4 is 16.4 Å². The third-order valence-electron chi connectivity index (χ3n) is 2.31. The Morgan fingerprint density at radius 2 is 2.16 bits per heavy atom. The van der Waals surface area contributed by atoms with Crippen LogP contribution in [0.25, 0.3) is 0 Å². The van der Waals surface area contributed by atoms with E-state index in [1.165, 1.54) is 0 Å². The van der Waals surface area contributed by atoms with Gasteiger partial charge in [-0.25, -0.2) is 4.79 Å². The Labute approximate surface area is 118 Å². The maximum atomic E-state index is 11.2. The van der Waals surface area contributed by atoms with Gasteiger partial charge in [-0.2, -0.15) is 0 Å². The molecule has 1 rings (SSSR count). The molecule has 1 amide bonds. The Balaban J connectivity index is 2.35. The molecule has 0 heterocycles. The number of hydrogen-bond acceptors (Lipinski definition) is 5. The number of thioether (sulfide) groups is 1. The lowest BCUT2D eigenvalue weighted by Gasteiger charge is -2.12. The summed E-state index contributed by atoms with van der Waals surface area (Å²) in [6.07, 6.45) is 1.50. The van der Waals surface area contributed by atoms with E-state index in [4.69, 9.17) is 10.5 Å². The first-order valence-electron chi connectivity index (χ1n) is 6.14. The molecule has 0 aliphatic heterocycles. The number of ether oxygens (including phenoxy) is 1. The number of amides is 1.